The molecule has 0 bridgehead atoms. The molecule has 0 fully saturated rings. The van der Waals surface area contributed by atoms with E-state index in [1.165, 1.54) is 6.21 Å². The molecule has 7 heteroatoms. The lowest BCUT2D eigenvalue weighted by molar-refractivity contribution is -0.120. The predicted molar refractivity (Wildman–Crippen MR) is 105 cm³/mol. The molecular weight excluding hydrogens is 358 g/mol. The molecule has 3 aromatic rings. The summed E-state index contributed by atoms with van der Waals surface area (Å²) < 4.78 is 10.5. The quantitative estimate of drug-likeness (QED) is 0.530. The number of fused-ring (bicyclic) bond motifs is 2. The van der Waals surface area contributed by atoms with Gasteiger partial charge in [0.05, 0.1) is 12.8 Å². The van der Waals surface area contributed by atoms with Crippen molar-refractivity contribution in [2.75, 3.05) is 13.3 Å². The van der Waals surface area contributed by atoms with Crippen molar-refractivity contribution in [3.8, 4) is 11.5 Å². The van der Waals surface area contributed by atoms with Crippen LogP contribution in [0.5, 0.6) is 11.5 Å². The number of nitrogens with zero attached hydrogens (tertiary/aromatic N) is 1. The van der Waals surface area contributed by atoms with Gasteiger partial charge in [-0.2, -0.15) is 5.10 Å². The van der Waals surface area contributed by atoms with Crippen molar-refractivity contribution in [2.45, 2.75) is 0 Å². The number of carbonyl (C=O) groups excluding carboxylic acids is 2. The van der Waals surface area contributed by atoms with Gasteiger partial charge in [-0.1, -0.05) is 36.4 Å². The molecule has 0 aromatic heterocycles. The molecule has 2 amide bonds. The lowest BCUT2D eigenvalue weighted by atomic mass is 10.0. The summed E-state index contributed by atoms with van der Waals surface area (Å²) in [6.07, 6.45) is 1.49. The van der Waals surface area contributed by atoms with Crippen molar-refractivity contribution in [3.05, 3.63) is 71.8 Å². The summed E-state index contributed by atoms with van der Waals surface area (Å²) in [6, 6.07) is 18.4. The molecule has 0 unspecified atom stereocenters. The molecule has 3 aromatic carbocycles. The highest BCUT2D eigenvalue weighted by molar-refractivity contribution is 6.07. The monoisotopic (exact) mass is 375 g/mol. The van der Waals surface area contributed by atoms with Gasteiger partial charge in [0.25, 0.3) is 11.8 Å². The fourth-order valence-electron chi connectivity index (χ4n) is 2.89. The molecule has 1 aliphatic rings. The molecule has 0 saturated carbocycles. The Morgan fingerprint density at radius 3 is 2.75 bits per heavy atom. The molecule has 7 nitrogen and oxygen atoms in total. The van der Waals surface area contributed by atoms with Crippen LogP contribution in [-0.4, -0.2) is 31.4 Å². The smallest absolute Gasteiger partial charge is 0.259 e. The highest BCUT2D eigenvalue weighted by Crippen LogP contribution is 2.31. The van der Waals surface area contributed by atoms with Crippen molar-refractivity contribution in [3.63, 3.8) is 0 Å². The zero-order chi connectivity index (χ0) is 19.3. The second-order valence-corrected chi connectivity index (χ2v) is 6.12. The number of nitrogens with one attached hydrogen (secondary N) is 2. The fraction of sp³-hybridized carbons (Fsp3) is 0.0952. The van der Waals surface area contributed by atoms with Gasteiger partial charge in [-0.3, -0.25) is 9.59 Å². The summed E-state index contributed by atoms with van der Waals surface area (Å²) in [6.45, 7) is 0.0175. The topological polar surface area (TPSA) is 89.0 Å². The number of ether oxygens (including phenoxy) is 2. The number of rotatable bonds is 5. The van der Waals surface area contributed by atoms with Gasteiger partial charge in [-0.25, -0.2) is 5.43 Å². The Balaban J connectivity index is 1.32. The van der Waals surface area contributed by atoms with E-state index in [-0.39, 0.29) is 19.2 Å². The standard InChI is InChI=1S/C21H17N3O4/c25-20(24-23-11-14-8-9-18-19(10-14)28-13-27-18)12-22-21(26)17-7-3-5-15-4-1-2-6-16(15)17/h1-11H,12-13H2,(H,22,26)(H,24,25)/b23-11-. The first-order valence-corrected chi connectivity index (χ1v) is 8.68. The first-order valence-electron chi connectivity index (χ1n) is 8.68. The largest absolute Gasteiger partial charge is 0.454 e. The predicted octanol–water partition coefficient (Wildman–Crippen LogP) is 2.45. The van der Waals surface area contributed by atoms with Gasteiger partial charge in [0.1, 0.15) is 0 Å². The first kappa shape index (κ1) is 17.5. The van der Waals surface area contributed by atoms with Crippen LogP contribution >= 0.6 is 0 Å². The number of hydrazone groups is 1. The third kappa shape index (κ3) is 3.78. The van der Waals surface area contributed by atoms with Crippen LogP contribution in [0, 0.1) is 0 Å². The van der Waals surface area contributed by atoms with Crippen molar-refractivity contribution in [1.29, 1.82) is 0 Å². The number of amides is 2. The van der Waals surface area contributed by atoms with E-state index >= 15 is 0 Å². The van der Waals surface area contributed by atoms with Crippen LogP contribution in [0.3, 0.4) is 0 Å². The highest BCUT2D eigenvalue weighted by atomic mass is 16.7. The normalized spacial score (nSPS) is 12.3. The molecular formula is C21H17N3O4. The lowest BCUT2D eigenvalue weighted by Crippen LogP contribution is -2.35. The minimum atomic E-state index is -0.425. The summed E-state index contributed by atoms with van der Waals surface area (Å²) in [5, 5.41) is 8.31. The maximum Gasteiger partial charge on any atom is 0.259 e. The highest BCUT2D eigenvalue weighted by Gasteiger charge is 2.13. The molecule has 0 saturated heterocycles. The van der Waals surface area contributed by atoms with E-state index in [4.69, 9.17) is 9.47 Å². The molecule has 4 rings (SSSR count). The third-order valence-electron chi connectivity index (χ3n) is 4.24. The maximum absolute atomic E-state index is 12.4. The van der Waals surface area contributed by atoms with E-state index in [2.05, 4.69) is 15.8 Å². The van der Waals surface area contributed by atoms with Gasteiger partial charge >= 0.3 is 0 Å². The molecule has 1 heterocycles. The fourth-order valence-corrected chi connectivity index (χ4v) is 2.89. The Hall–Kier alpha value is -3.87. The van der Waals surface area contributed by atoms with Gasteiger partial charge in [0, 0.05) is 5.56 Å². The molecule has 28 heavy (non-hydrogen) atoms. The second-order valence-electron chi connectivity index (χ2n) is 6.12. The molecule has 2 N–H and O–H groups in total. The van der Waals surface area contributed by atoms with Crippen LogP contribution in [0.4, 0.5) is 0 Å². The molecule has 1 aliphatic heterocycles. The second kappa shape index (κ2) is 7.79. The average molecular weight is 375 g/mol. The van der Waals surface area contributed by atoms with Crippen LogP contribution in [0.25, 0.3) is 10.8 Å². The molecule has 0 spiro atoms. The zero-order valence-electron chi connectivity index (χ0n) is 14.8. The number of benzene rings is 3. The van der Waals surface area contributed by atoms with Crippen molar-refractivity contribution >= 4 is 28.8 Å². The zero-order valence-corrected chi connectivity index (χ0v) is 14.8. The average Bonchev–Trinajstić information content (AvgIpc) is 3.19. The Bertz CT molecular complexity index is 1070. The van der Waals surface area contributed by atoms with E-state index in [0.717, 1.165) is 16.3 Å². The third-order valence-corrected chi connectivity index (χ3v) is 4.24. The molecule has 0 radical (unpaired) electrons. The van der Waals surface area contributed by atoms with Crippen molar-refractivity contribution in [2.24, 2.45) is 5.10 Å². The first-order chi connectivity index (χ1) is 13.7. The number of carbonyl (C=O) groups is 2. The van der Waals surface area contributed by atoms with Crippen molar-refractivity contribution < 1.29 is 19.1 Å². The molecule has 140 valence electrons. The van der Waals surface area contributed by atoms with E-state index in [0.29, 0.717) is 17.1 Å². The van der Waals surface area contributed by atoms with E-state index in [1.54, 1.807) is 24.3 Å². The summed E-state index contributed by atoms with van der Waals surface area (Å²) in [7, 11) is 0. The van der Waals surface area contributed by atoms with Crippen molar-refractivity contribution in [1.82, 2.24) is 10.7 Å². The number of hydrogen-bond acceptors (Lipinski definition) is 5. The van der Waals surface area contributed by atoms with Crippen LogP contribution < -0.4 is 20.2 Å². The van der Waals surface area contributed by atoms with Crippen LogP contribution in [-0.2, 0) is 4.79 Å². The molecule has 0 aliphatic carbocycles. The van der Waals surface area contributed by atoms with E-state index < -0.39 is 5.91 Å². The summed E-state index contributed by atoms with van der Waals surface area (Å²) in [4.78, 5) is 24.3. The van der Waals surface area contributed by atoms with Crippen LogP contribution in [0.15, 0.2) is 65.8 Å². The molecule has 0 atom stereocenters. The lowest BCUT2D eigenvalue weighted by Gasteiger charge is -2.07. The Labute approximate surface area is 161 Å². The van der Waals surface area contributed by atoms with Crippen LogP contribution in [0.2, 0.25) is 0 Å². The summed E-state index contributed by atoms with van der Waals surface area (Å²) in [5.41, 5.74) is 3.66. The van der Waals surface area contributed by atoms with Gasteiger partial charge in [-0.15, -0.1) is 0 Å². The maximum atomic E-state index is 12.4. The summed E-state index contributed by atoms with van der Waals surface area (Å²) in [5.74, 6) is 0.576. The van der Waals surface area contributed by atoms with Gasteiger partial charge in [0.2, 0.25) is 6.79 Å². The Morgan fingerprint density at radius 1 is 1.00 bits per heavy atom. The Kier molecular flexibility index (Phi) is 4.88. The van der Waals surface area contributed by atoms with Gasteiger partial charge < -0.3 is 14.8 Å². The minimum absolute atomic E-state index is 0.180. The van der Waals surface area contributed by atoms with Crippen LogP contribution in [0.1, 0.15) is 15.9 Å². The van der Waals surface area contributed by atoms with E-state index in [1.807, 2.05) is 36.4 Å². The van der Waals surface area contributed by atoms with Gasteiger partial charge in [-0.05, 0) is 40.6 Å². The van der Waals surface area contributed by atoms with Gasteiger partial charge in [0.15, 0.2) is 11.5 Å². The summed E-state index contributed by atoms with van der Waals surface area (Å²) >= 11 is 0. The Morgan fingerprint density at radius 2 is 1.82 bits per heavy atom. The number of hydrogen-bond donors (Lipinski definition) is 2. The van der Waals surface area contributed by atoms with E-state index in [9.17, 15) is 9.59 Å². The minimum Gasteiger partial charge on any atom is -0.454 e. The SMILES string of the molecule is O=C(CNC(=O)c1cccc2ccccc12)N/N=C\c1ccc2c(c1)OCO2.